The second kappa shape index (κ2) is 6.49. The predicted octanol–water partition coefficient (Wildman–Crippen LogP) is 4.92. The number of phenols is 1. The molecular weight excluding hydrogens is 331 g/mol. The molecule has 0 atom stereocenters. The number of benzene rings is 2. The Balaban J connectivity index is 2.00. The fourth-order valence-corrected chi connectivity index (χ4v) is 2.56. The quantitative estimate of drug-likeness (QED) is 0.855. The average Bonchev–Trinajstić information content (AvgIpc) is 3.06. The molecule has 1 aliphatic heterocycles. The first-order valence-electron chi connectivity index (χ1n) is 7.59. The van der Waals surface area contributed by atoms with Crippen LogP contribution in [0.1, 0.15) is 23.6 Å². The lowest BCUT2D eigenvalue weighted by Crippen LogP contribution is -2.08. The number of alkyl halides is 3. The van der Waals surface area contributed by atoms with Gasteiger partial charge in [-0.05, 0) is 37.1 Å². The first-order chi connectivity index (χ1) is 11.9. The zero-order chi connectivity index (χ0) is 18.0. The van der Waals surface area contributed by atoms with Gasteiger partial charge >= 0.3 is 6.18 Å². The first kappa shape index (κ1) is 16.9. The zero-order valence-corrected chi connectivity index (χ0v) is 13.3. The standard InChI is InChI=1S/C19H14F3NO2/c1-2-25-17-9-5-7-14(18(17)24)16-10-12(11-23-16)13-6-3-4-8-15(13)19(20,21)22/h3-10,24H,2H2,1H3. The Hall–Kier alpha value is -2.98. The fraction of sp³-hybridized carbons (Fsp3) is 0.158. The maximum atomic E-state index is 13.2. The minimum absolute atomic E-state index is 0.00537. The summed E-state index contributed by atoms with van der Waals surface area (Å²) in [4.78, 5) is 4.04. The Kier molecular flexibility index (Phi) is 4.38. The molecule has 0 spiro atoms. The van der Waals surface area contributed by atoms with E-state index in [1.54, 1.807) is 25.1 Å². The second-order valence-corrected chi connectivity index (χ2v) is 5.30. The van der Waals surface area contributed by atoms with E-state index in [2.05, 4.69) is 10.9 Å². The fourth-order valence-electron chi connectivity index (χ4n) is 2.56. The van der Waals surface area contributed by atoms with Crippen LogP contribution in [-0.2, 0) is 6.18 Å². The number of halogens is 3. The van der Waals surface area contributed by atoms with Gasteiger partial charge in [-0.3, -0.25) is 0 Å². The van der Waals surface area contributed by atoms with Crippen LogP contribution in [0.15, 0.2) is 53.5 Å². The molecule has 0 aliphatic carbocycles. The van der Waals surface area contributed by atoms with Crippen LogP contribution in [0.4, 0.5) is 13.2 Å². The summed E-state index contributed by atoms with van der Waals surface area (Å²) in [6.45, 7) is 2.16. The summed E-state index contributed by atoms with van der Waals surface area (Å²) in [6, 6.07) is 10.2. The van der Waals surface area contributed by atoms with Gasteiger partial charge in [-0.25, -0.2) is 4.99 Å². The molecule has 1 aliphatic rings. The third-order valence-corrected chi connectivity index (χ3v) is 3.68. The minimum atomic E-state index is -4.47. The van der Waals surface area contributed by atoms with Gasteiger partial charge in [0.25, 0.3) is 0 Å². The number of aliphatic imine (C=N–C) groups is 1. The molecule has 2 aromatic carbocycles. The maximum absolute atomic E-state index is 13.2. The lowest BCUT2D eigenvalue weighted by Gasteiger charge is -2.11. The van der Waals surface area contributed by atoms with Crippen LogP contribution in [0, 0.1) is 0 Å². The van der Waals surface area contributed by atoms with Crippen molar-refractivity contribution in [3.8, 4) is 11.5 Å². The summed E-state index contributed by atoms with van der Waals surface area (Å²) in [7, 11) is 0. The molecule has 0 radical (unpaired) electrons. The van der Waals surface area contributed by atoms with E-state index in [1.165, 1.54) is 24.3 Å². The number of para-hydroxylation sites is 1. The molecule has 0 saturated heterocycles. The predicted molar refractivity (Wildman–Crippen MR) is 89.5 cm³/mol. The lowest BCUT2D eigenvalue weighted by molar-refractivity contribution is -0.137. The number of phenolic OH excluding ortho intramolecular Hbond substituents is 1. The van der Waals surface area contributed by atoms with Crippen molar-refractivity contribution in [2.24, 2.45) is 4.99 Å². The Morgan fingerprint density at radius 2 is 1.80 bits per heavy atom. The zero-order valence-electron chi connectivity index (χ0n) is 13.3. The van der Waals surface area contributed by atoms with E-state index >= 15 is 0 Å². The van der Waals surface area contributed by atoms with Gasteiger partial charge in [0.05, 0.1) is 17.9 Å². The van der Waals surface area contributed by atoms with E-state index < -0.39 is 11.7 Å². The van der Waals surface area contributed by atoms with Crippen LogP contribution >= 0.6 is 0 Å². The van der Waals surface area contributed by atoms with Crippen molar-refractivity contribution < 1.29 is 23.0 Å². The van der Waals surface area contributed by atoms with Gasteiger partial charge in [0.2, 0.25) is 0 Å². The number of nitrogens with zero attached hydrogens (tertiary/aromatic N) is 1. The van der Waals surface area contributed by atoms with Gasteiger partial charge in [-0.15, -0.1) is 0 Å². The number of aromatic hydroxyl groups is 1. The highest BCUT2D eigenvalue weighted by molar-refractivity contribution is 6.06. The number of allylic oxidation sites excluding steroid dienone is 2. The van der Waals surface area contributed by atoms with E-state index in [9.17, 15) is 18.3 Å². The molecule has 0 amide bonds. The van der Waals surface area contributed by atoms with Crippen LogP contribution < -0.4 is 4.74 Å². The van der Waals surface area contributed by atoms with Crippen molar-refractivity contribution in [2.45, 2.75) is 13.1 Å². The van der Waals surface area contributed by atoms with Crippen LogP contribution in [0.25, 0.3) is 11.3 Å². The van der Waals surface area contributed by atoms with Gasteiger partial charge in [0, 0.05) is 16.7 Å². The second-order valence-electron chi connectivity index (χ2n) is 5.30. The molecule has 2 aromatic rings. The van der Waals surface area contributed by atoms with Gasteiger partial charge in [0.1, 0.15) is 0 Å². The molecular formula is C19H14F3NO2. The number of hydrogen-bond donors (Lipinski definition) is 1. The summed E-state index contributed by atoms with van der Waals surface area (Å²) < 4.78 is 44.8. The van der Waals surface area contributed by atoms with E-state index in [-0.39, 0.29) is 16.9 Å². The Morgan fingerprint density at radius 3 is 2.52 bits per heavy atom. The van der Waals surface area contributed by atoms with Crippen molar-refractivity contribution in [3.63, 3.8) is 0 Å². The summed E-state index contributed by atoms with van der Waals surface area (Å²) in [5, 5.41) is 10.3. The van der Waals surface area contributed by atoms with Crippen molar-refractivity contribution in [2.75, 3.05) is 6.61 Å². The van der Waals surface area contributed by atoms with Gasteiger partial charge in [-0.2, -0.15) is 13.2 Å². The van der Waals surface area contributed by atoms with Gasteiger partial charge in [-0.1, -0.05) is 24.3 Å². The summed E-state index contributed by atoms with van der Waals surface area (Å²) >= 11 is 0. The largest absolute Gasteiger partial charge is 0.504 e. The Labute approximate surface area is 142 Å². The molecule has 0 fully saturated rings. The smallest absolute Gasteiger partial charge is 0.417 e. The van der Waals surface area contributed by atoms with E-state index in [4.69, 9.17) is 4.74 Å². The molecule has 0 aromatic heterocycles. The molecule has 1 N–H and O–H groups in total. The maximum Gasteiger partial charge on any atom is 0.417 e. The van der Waals surface area contributed by atoms with Gasteiger partial charge < -0.3 is 9.84 Å². The highest BCUT2D eigenvalue weighted by Gasteiger charge is 2.34. The van der Waals surface area contributed by atoms with Crippen molar-refractivity contribution >= 4 is 17.1 Å². The van der Waals surface area contributed by atoms with Crippen LogP contribution in [0.2, 0.25) is 0 Å². The summed E-state index contributed by atoms with van der Waals surface area (Å²) in [6.07, 6.45) is -3.01. The first-order valence-corrected chi connectivity index (χ1v) is 7.59. The Bertz CT molecular complexity index is 907. The summed E-state index contributed by atoms with van der Waals surface area (Å²) in [5.41, 5.74) is 0.153. The molecule has 25 heavy (non-hydrogen) atoms. The van der Waals surface area contributed by atoms with Crippen molar-refractivity contribution in [1.29, 1.82) is 0 Å². The topological polar surface area (TPSA) is 41.8 Å². The monoisotopic (exact) mass is 345 g/mol. The van der Waals surface area contributed by atoms with Crippen LogP contribution in [0.5, 0.6) is 11.5 Å². The molecule has 0 unspecified atom stereocenters. The average molecular weight is 345 g/mol. The molecule has 1 heterocycles. The molecule has 3 rings (SSSR count). The highest BCUT2D eigenvalue weighted by atomic mass is 19.4. The van der Waals surface area contributed by atoms with Crippen LogP contribution in [0.3, 0.4) is 0 Å². The van der Waals surface area contributed by atoms with Crippen molar-refractivity contribution in [3.05, 3.63) is 65.2 Å². The minimum Gasteiger partial charge on any atom is -0.504 e. The molecule has 6 heteroatoms. The molecule has 128 valence electrons. The van der Waals surface area contributed by atoms with Gasteiger partial charge in [0.15, 0.2) is 11.5 Å². The molecule has 3 nitrogen and oxygen atoms in total. The third kappa shape index (κ3) is 3.30. The normalized spacial score (nSPS) is 13.6. The van der Waals surface area contributed by atoms with E-state index in [0.717, 1.165) is 6.07 Å². The summed E-state index contributed by atoms with van der Waals surface area (Å²) in [5.74, 6) is 2.80. The number of rotatable bonds is 4. The lowest BCUT2D eigenvalue weighted by atomic mass is 9.99. The SMILES string of the molecule is CCOc1cccc(C2=CC(c3ccccc3C(F)(F)F)=C=N2)c1O. The highest BCUT2D eigenvalue weighted by Crippen LogP contribution is 2.39. The number of ether oxygens (including phenoxy) is 1. The van der Waals surface area contributed by atoms with Crippen LogP contribution in [-0.4, -0.2) is 17.6 Å². The number of hydrogen-bond acceptors (Lipinski definition) is 3. The van der Waals surface area contributed by atoms with Crippen molar-refractivity contribution in [1.82, 2.24) is 0 Å². The molecule has 0 bridgehead atoms. The third-order valence-electron chi connectivity index (χ3n) is 3.68. The van der Waals surface area contributed by atoms with E-state index in [0.29, 0.717) is 23.6 Å². The van der Waals surface area contributed by atoms with E-state index in [1.807, 2.05) is 0 Å². The molecule has 0 saturated carbocycles. The Morgan fingerprint density at radius 1 is 1.08 bits per heavy atom.